The topological polar surface area (TPSA) is 44.0 Å². The molecule has 0 aliphatic heterocycles. The molecule has 0 saturated heterocycles. The van der Waals surface area contributed by atoms with Crippen molar-refractivity contribution in [1.82, 2.24) is 8.47 Å². The second kappa shape index (κ2) is 9.88. The first-order chi connectivity index (χ1) is 20.5. The van der Waals surface area contributed by atoms with E-state index in [4.69, 9.17) is 0 Å². The van der Waals surface area contributed by atoms with E-state index in [0.717, 1.165) is 32.9 Å². The molecule has 0 N–H and O–H groups in total. The fraction of sp³-hybridized carbons (Fsp3) is 0.316. The van der Waals surface area contributed by atoms with E-state index in [1.807, 2.05) is 24.3 Å². The number of rotatable bonds is 4. The van der Waals surface area contributed by atoms with E-state index in [9.17, 15) is 9.59 Å². The molecule has 6 rings (SSSR count). The second-order valence-electron chi connectivity index (χ2n) is 15.4. The Kier molecular flexibility index (Phi) is 6.80. The molecule has 0 fully saturated rings. The second-order valence-corrected chi connectivity index (χ2v) is 25.6. The summed E-state index contributed by atoms with van der Waals surface area (Å²) in [5.41, 5.74) is 5.91. The lowest BCUT2D eigenvalue weighted by Gasteiger charge is -2.38. The Morgan fingerprint density at radius 1 is 0.477 bits per heavy atom. The lowest BCUT2D eigenvalue weighted by molar-refractivity contribution is 0.101. The fourth-order valence-electron chi connectivity index (χ4n) is 6.29. The summed E-state index contributed by atoms with van der Waals surface area (Å²) < 4.78 is 4.89. The third-order valence-electron chi connectivity index (χ3n) is 11.0. The molecule has 226 valence electrons. The summed E-state index contributed by atoms with van der Waals surface area (Å²) in [6.45, 7) is 23.4. The van der Waals surface area contributed by atoms with Crippen LogP contribution in [0, 0.1) is 0 Å². The van der Waals surface area contributed by atoms with Crippen molar-refractivity contribution in [2.24, 2.45) is 0 Å². The van der Waals surface area contributed by atoms with E-state index >= 15 is 0 Å². The normalized spacial score (nSPS) is 15.0. The van der Waals surface area contributed by atoms with E-state index in [1.165, 1.54) is 0 Å². The van der Waals surface area contributed by atoms with Gasteiger partial charge in [0.1, 0.15) is 0 Å². The van der Waals surface area contributed by atoms with Gasteiger partial charge >= 0.3 is 0 Å². The number of nitrogens with zero attached hydrogens (tertiary/aromatic N) is 2. The average Bonchev–Trinajstić information content (AvgIpc) is 3.54. The number of fused-ring (bicyclic) bond motifs is 3. The van der Waals surface area contributed by atoms with Crippen molar-refractivity contribution in [3.05, 3.63) is 107 Å². The summed E-state index contributed by atoms with van der Waals surface area (Å²) in [6.07, 6.45) is 4.37. The molecular formula is C38H44N2O2Si2. The lowest BCUT2D eigenvalue weighted by Crippen LogP contribution is -2.45. The summed E-state index contributed by atoms with van der Waals surface area (Å²) in [6, 6.07) is 24.1. The molecule has 0 bridgehead atoms. The number of ketones is 2. The number of carbonyl (C=O) groups is 2. The van der Waals surface area contributed by atoms with Gasteiger partial charge in [0, 0.05) is 67.6 Å². The van der Waals surface area contributed by atoms with Crippen LogP contribution in [0.4, 0.5) is 0 Å². The Balaban J connectivity index is 1.77. The van der Waals surface area contributed by atoms with E-state index < -0.39 is 16.5 Å². The summed E-state index contributed by atoms with van der Waals surface area (Å²) in [5, 5.41) is 2.16. The minimum absolute atomic E-state index is 0.0683. The van der Waals surface area contributed by atoms with Gasteiger partial charge in [0.25, 0.3) is 0 Å². The molecule has 2 aromatic heterocycles. The highest BCUT2D eigenvalue weighted by molar-refractivity contribution is 6.80. The minimum Gasteiger partial charge on any atom is -0.373 e. The van der Waals surface area contributed by atoms with Crippen molar-refractivity contribution in [2.75, 3.05) is 0 Å². The van der Waals surface area contributed by atoms with Gasteiger partial charge < -0.3 is 8.47 Å². The molecule has 1 aliphatic rings. The van der Waals surface area contributed by atoms with Crippen molar-refractivity contribution in [3.8, 4) is 0 Å². The monoisotopic (exact) mass is 616 g/mol. The number of para-hydroxylation sites is 2. The zero-order valence-electron chi connectivity index (χ0n) is 27.8. The fourth-order valence-corrected chi connectivity index (χ4v) is 10.2. The molecule has 2 heterocycles. The first-order valence-corrected chi connectivity index (χ1v) is 21.5. The van der Waals surface area contributed by atoms with Crippen LogP contribution in [0.5, 0.6) is 0 Å². The predicted molar refractivity (Wildman–Crippen MR) is 191 cm³/mol. The maximum Gasteiger partial charge on any atom is 0.195 e. The lowest BCUT2D eigenvalue weighted by atomic mass is 9.78. The Bertz CT molecular complexity index is 1880. The van der Waals surface area contributed by atoms with Gasteiger partial charge in [-0.05, 0) is 22.2 Å². The van der Waals surface area contributed by atoms with Crippen LogP contribution in [0.1, 0.15) is 73.4 Å². The highest BCUT2D eigenvalue weighted by Crippen LogP contribution is 2.47. The highest BCUT2D eigenvalue weighted by Gasteiger charge is 2.42. The molecule has 6 heteroatoms. The van der Waals surface area contributed by atoms with Crippen molar-refractivity contribution < 1.29 is 9.59 Å². The van der Waals surface area contributed by atoms with Gasteiger partial charge in [-0.15, -0.1) is 0 Å². The number of allylic oxidation sites excluding steroid dienone is 2. The summed E-state index contributed by atoms with van der Waals surface area (Å²) in [4.78, 5) is 29.5. The van der Waals surface area contributed by atoms with E-state index in [2.05, 4.69) is 125 Å². The van der Waals surface area contributed by atoms with Crippen molar-refractivity contribution in [3.63, 3.8) is 0 Å². The number of carbonyl (C=O) groups excluding carboxylic acids is 2. The Morgan fingerprint density at radius 2 is 0.795 bits per heavy atom. The third-order valence-corrected chi connectivity index (χ3v) is 21.4. The standard InChI is InChI=1S/C38H44N2O2Si2/c1-37(2,3)43(7,8)39-23-29(25-17-13-15-21-31(25)39)33-34(36(42)28-20-12-11-19-27(28)35(33)41)30-24-40(44(9,10)38(4,5)6)32-22-16-14-18-26(30)32/h11-24H,1-10H3. The third kappa shape index (κ3) is 4.29. The molecule has 3 aromatic carbocycles. The average molecular weight is 617 g/mol. The number of hydrogen-bond acceptors (Lipinski definition) is 2. The minimum atomic E-state index is -2.09. The number of benzene rings is 3. The molecular weight excluding hydrogens is 573 g/mol. The first-order valence-electron chi connectivity index (χ1n) is 15.6. The SMILES string of the molecule is CC(C)(C)[Si](C)(C)n1cc(C2=C(c3cn([Si](C)(C)C(C)(C)C)c4ccccc34)C(=O)c3ccccc3C2=O)c2ccccc21. The zero-order chi connectivity index (χ0) is 32.0. The number of aromatic nitrogens is 2. The quantitative estimate of drug-likeness (QED) is 0.189. The van der Waals surface area contributed by atoms with Crippen molar-refractivity contribution >= 4 is 61.0 Å². The Hall–Kier alpha value is -3.75. The van der Waals surface area contributed by atoms with Gasteiger partial charge in [0.15, 0.2) is 28.0 Å². The molecule has 0 radical (unpaired) electrons. The van der Waals surface area contributed by atoms with Gasteiger partial charge in [-0.25, -0.2) is 0 Å². The van der Waals surface area contributed by atoms with Crippen LogP contribution in [0.2, 0.25) is 36.3 Å². The molecule has 0 spiro atoms. The molecule has 0 amide bonds. The van der Waals surface area contributed by atoms with E-state index in [1.54, 1.807) is 12.1 Å². The summed E-state index contributed by atoms with van der Waals surface area (Å²) in [5.74, 6) is -0.171. The molecule has 5 aromatic rings. The summed E-state index contributed by atoms with van der Waals surface area (Å²) >= 11 is 0. The predicted octanol–water partition coefficient (Wildman–Crippen LogP) is 10.3. The molecule has 0 saturated carbocycles. The zero-order valence-corrected chi connectivity index (χ0v) is 29.8. The largest absolute Gasteiger partial charge is 0.373 e. The molecule has 0 atom stereocenters. The van der Waals surface area contributed by atoms with Crippen LogP contribution in [0.15, 0.2) is 85.2 Å². The van der Waals surface area contributed by atoms with E-state index in [-0.39, 0.29) is 21.6 Å². The summed E-state index contributed by atoms with van der Waals surface area (Å²) in [7, 11) is -4.17. The maximum absolute atomic E-state index is 14.7. The molecule has 0 unspecified atom stereocenters. The van der Waals surface area contributed by atoms with Gasteiger partial charge in [-0.1, -0.05) is 128 Å². The van der Waals surface area contributed by atoms with Gasteiger partial charge in [-0.3, -0.25) is 9.59 Å². The molecule has 1 aliphatic carbocycles. The van der Waals surface area contributed by atoms with Crippen molar-refractivity contribution in [2.45, 2.75) is 77.8 Å². The van der Waals surface area contributed by atoms with Crippen LogP contribution in [-0.2, 0) is 0 Å². The van der Waals surface area contributed by atoms with Gasteiger partial charge in [0.2, 0.25) is 0 Å². The highest BCUT2D eigenvalue weighted by atomic mass is 28.3. The van der Waals surface area contributed by atoms with Crippen molar-refractivity contribution in [1.29, 1.82) is 0 Å². The van der Waals surface area contributed by atoms with E-state index in [0.29, 0.717) is 22.3 Å². The van der Waals surface area contributed by atoms with Crippen LogP contribution in [-0.4, -0.2) is 36.5 Å². The van der Waals surface area contributed by atoms with Crippen LogP contribution in [0.25, 0.3) is 33.0 Å². The molecule has 4 nitrogen and oxygen atoms in total. The number of hydrogen-bond donors (Lipinski definition) is 0. The Labute approximate surface area is 263 Å². The number of Topliss-reactive ketones (excluding diaryl/α,β-unsaturated/α-hetero) is 2. The van der Waals surface area contributed by atoms with Gasteiger partial charge in [0.05, 0.1) is 0 Å². The molecule has 44 heavy (non-hydrogen) atoms. The maximum atomic E-state index is 14.7. The first kappa shape index (κ1) is 30.3. The Morgan fingerprint density at radius 3 is 1.14 bits per heavy atom. The van der Waals surface area contributed by atoms with Crippen LogP contribution >= 0.6 is 0 Å². The van der Waals surface area contributed by atoms with Gasteiger partial charge in [-0.2, -0.15) is 0 Å². The van der Waals surface area contributed by atoms with Crippen LogP contribution < -0.4 is 0 Å². The smallest absolute Gasteiger partial charge is 0.195 e. The van der Waals surface area contributed by atoms with Crippen LogP contribution in [0.3, 0.4) is 0 Å².